The molecule has 0 radical (unpaired) electrons. The zero-order chi connectivity index (χ0) is 25.4. The van der Waals surface area contributed by atoms with Gasteiger partial charge in [-0.05, 0) is 29.5 Å². The van der Waals surface area contributed by atoms with Crippen molar-refractivity contribution in [2.45, 2.75) is 38.9 Å². The predicted octanol–water partition coefficient (Wildman–Crippen LogP) is 1.82. The molecule has 36 heavy (non-hydrogen) atoms. The van der Waals surface area contributed by atoms with Crippen molar-refractivity contribution in [3.8, 4) is 0 Å². The molecule has 2 amide bonds. The number of fused-ring (bicyclic) bond motifs is 1. The fourth-order valence-corrected chi connectivity index (χ4v) is 3.84. The fraction of sp³-hybridized carbons (Fsp3) is 0.346. The Hall–Kier alpha value is -3.40. The van der Waals surface area contributed by atoms with E-state index < -0.39 is 24.6 Å². The van der Waals surface area contributed by atoms with Gasteiger partial charge in [-0.25, -0.2) is 0 Å². The van der Waals surface area contributed by atoms with Gasteiger partial charge in [0, 0.05) is 35.8 Å². The number of aromatic nitrogens is 1. The van der Waals surface area contributed by atoms with Crippen molar-refractivity contribution in [3.05, 3.63) is 71.4 Å². The summed E-state index contributed by atoms with van der Waals surface area (Å²) in [6, 6.07) is 13.5. The molecule has 194 valence electrons. The minimum absolute atomic E-state index is 0. The minimum atomic E-state index is -0.872. The number of aromatic amines is 1. The molecule has 0 saturated carbocycles. The lowest BCUT2D eigenvalue weighted by atomic mass is 10.0. The van der Waals surface area contributed by atoms with E-state index in [2.05, 4.69) is 20.9 Å². The highest BCUT2D eigenvalue weighted by Crippen LogP contribution is 2.17. The van der Waals surface area contributed by atoms with E-state index in [-0.39, 0.29) is 30.1 Å². The van der Waals surface area contributed by atoms with Crippen LogP contribution in [0, 0.1) is 11.3 Å². The number of benzene rings is 2. The molecular formula is C26H35ClN6O3. The first-order chi connectivity index (χ1) is 16.8. The van der Waals surface area contributed by atoms with Crippen LogP contribution in [0.3, 0.4) is 0 Å². The van der Waals surface area contributed by atoms with Gasteiger partial charge in [0.2, 0.25) is 11.8 Å². The third-order valence-corrected chi connectivity index (χ3v) is 5.93. The standard InChI is InChI=1S/C26H34N6O3.ClH/c1-16(2)23(26(35)29-12-11-19-14-31-21-6-4-3-5-20(19)21)32-25(34)22(15-33)30-13-17-7-9-18(10-8-17)24(27)28;/h3-10,14,16,22-23,30-31,33H,11-13,15H2,1-2H3,(H3,27,28)(H,29,35)(H,32,34);1H. The average Bonchev–Trinajstić information content (AvgIpc) is 3.26. The number of carbonyl (C=O) groups excluding carboxylic acids is 2. The number of amidine groups is 1. The number of H-pyrrole nitrogens is 1. The van der Waals surface area contributed by atoms with Crippen molar-refractivity contribution in [1.82, 2.24) is 20.9 Å². The number of halogens is 1. The van der Waals surface area contributed by atoms with E-state index in [1.807, 2.05) is 44.3 Å². The molecule has 0 aliphatic rings. The van der Waals surface area contributed by atoms with E-state index >= 15 is 0 Å². The Morgan fingerprint density at radius 1 is 1.08 bits per heavy atom. The molecule has 1 heterocycles. The summed E-state index contributed by atoms with van der Waals surface area (Å²) < 4.78 is 0. The molecule has 3 aromatic rings. The maximum Gasteiger partial charge on any atom is 0.242 e. The lowest BCUT2D eigenvalue weighted by Crippen LogP contribution is -2.55. The number of aliphatic hydroxyl groups is 1. The van der Waals surface area contributed by atoms with Crippen LogP contribution in [0.4, 0.5) is 0 Å². The summed E-state index contributed by atoms with van der Waals surface area (Å²) in [5, 5.41) is 27.0. The van der Waals surface area contributed by atoms with Gasteiger partial charge in [-0.2, -0.15) is 0 Å². The molecule has 3 rings (SSSR count). The minimum Gasteiger partial charge on any atom is -0.394 e. The molecule has 0 aliphatic heterocycles. The van der Waals surface area contributed by atoms with Crippen LogP contribution in [0.2, 0.25) is 0 Å². The predicted molar refractivity (Wildman–Crippen MR) is 144 cm³/mol. The average molecular weight is 515 g/mol. The molecule has 8 N–H and O–H groups in total. The van der Waals surface area contributed by atoms with Crippen molar-refractivity contribution in [3.63, 3.8) is 0 Å². The van der Waals surface area contributed by atoms with Crippen LogP contribution in [0.15, 0.2) is 54.7 Å². The largest absolute Gasteiger partial charge is 0.394 e. The number of para-hydroxylation sites is 1. The van der Waals surface area contributed by atoms with E-state index in [4.69, 9.17) is 11.1 Å². The van der Waals surface area contributed by atoms with E-state index in [9.17, 15) is 14.7 Å². The molecule has 10 heteroatoms. The van der Waals surface area contributed by atoms with Crippen molar-refractivity contribution >= 4 is 41.0 Å². The number of nitrogens with two attached hydrogens (primary N) is 1. The number of hydrogen-bond acceptors (Lipinski definition) is 5. The first-order valence-electron chi connectivity index (χ1n) is 11.7. The van der Waals surface area contributed by atoms with Gasteiger partial charge in [-0.1, -0.05) is 56.3 Å². The summed E-state index contributed by atoms with van der Waals surface area (Å²) in [5.74, 6) is -0.856. The van der Waals surface area contributed by atoms with Crippen molar-refractivity contribution < 1.29 is 14.7 Å². The number of nitrogens with one attached hydrogen (secondary N) is 5. The molecule has 0 fully saturated rings. The van der Waals surface area contributed by atoms with Gasteiger partial charge in [-0.15, -0.1) is 12.4 Å². The summed E-state index contributed by atoms with van der Waals surface area (Å²) in [6.07, 6.45) is 2.61. The molecule has 0 bridgehead atoms. The van der Waals surface area contributed by atoms with Crippen LogP contribution in [0.5, 0.6) is 0 Å². The number of nitrogen functional groups attached to an aromatic ring is 1. The zero-order valence-corrected chi connectivity index (χ0v) is 21.3. The monoisotopic (exact) mass is 514 g/mol. The lowest BCUT2D eigenvalue weighted by molar-refractivity contribution is -0.131. The first-order valence-corrected chi connectivity index (χ1v) is 11.7. The molecule has 0 aliphatic carbocycles. The highest BCUT2D eigenvalue weighted by atomic mass is 35.5. The second-order valence-corrected chi connectivity index (χ2v) is 8.86. The second-order valence-electron chi connectivity index (χ2n) is 8.86. The molecular weight excluding hydrogens is 480 g/mol. The molecule has 2 aromatic carbocycles. The molecule has 2 atom stereocenters. The van der Waals surface area contributed by atoms with Gasteiger partial charge in [-0.3, -0.25) is 20.3 Å². The quantitative estimate of drug-likeness (QED) is 0.145. The number of carbonyl (C=O) groups is 2. The Morgan fingerprint density at radius 3 is 2.42 bits per heavy atom. The number of rotatable bonds is 12. The summed E-state index contributed by atoms with van der Waals surface area (Å²) in [7, 11) is 0. The van der Waals surface area contributed by atoms with Crippen LogP contribution in [0.25, 0.3) is 10.9 Å². The van der Waals surface area contributed by atoms with Crippen LogP contribution in [0.1, 0.15) is 30.5 Å². The smallest absolute Gasteiger partial charge is 0.242 e. The molecule has 1 aromatic heterocycles. The molecule has 9 nitrogen and oxygen atoms in total. The van der Waals surface area contributed by atoms with Crippen LogP contribution in [-0.4, -0.2) is 53.0 Å². The Labute approximate surface area is 217 Å². The second kappa shape index (κ2) is 13.6. The number of amides is 2. The summed E-state index contributed by atoms with van der Waals surface area (Å²) >= 11 is 0. The van der Waals surface area contributed by atoms with Crippen molar-refractivity contribution in [2.75, 3.05) is 13.2 Å². The first kappa shape index (κ1) is 28.8. The van der Waals surface area contributed by atoms with Gasteiger partial charge >= 0.3 is 0 Å². The Balaban J connectivity index is 0.00000456. The van der Waals surface area contributed by atoms with Crippen LogP contribution in [-0.2, 0) is 22.6 Å². The summed E-state index contributed by atoms with van der Waals surface area (Å²) in [5.41, 5.74) is 9.12. The van der Waals surface area contributed by atoms with E-state index in [1.165, 1.54) is 0 Å². The topological polar surface area (TPSA) is 156 Å². The third kappa shape index (κ3) is 7.55. The maximum absolute atomic E-state index is 12.8. The van der Waals surface area contributed by atoms with Gasteiger partial charge < -0.3 is 26.5 Å². The third-order valence-electron chi connectivity index (χ3n) is 5.93. The van der Waals surface area contributed by atoms with Crippen molar-refractivity contribution in [1.29, 1.82) is 5.41 Å². The molecule has 2 unspecified atom stereocenters. The van der Waals surface area contributed by atoms with Gasteiger partial charge in [0.15, 0.2) is 0 Å². The van der Waals surface area contributed by atoms with Crippen LogP contribution < -0.4 is 21.7 Å². The summed E-state index contributed by atoms with van der Waals surface area (Å²) in [4.78, 5) is 28.9. The molecule has 0 spiro atoms. The van der Waals surface area contributed by atoms with E-state index in [0.717, 1.165) is 22.0 Å². The number of hydrogen-bond donors (Lipinski definition) is 7. The normalized spacial score (nSPS) is 12.6. The highest BCUT2D eigenvalue weighted by molar-refractivity contribution is 5.95. The Bertz CT molecular complexity index is 1160. The fourth-order valence-electron chi connectivity index (χ4n) is 3.84. The van der Waals surface area contributed by atoms with Gasteiger partial charge in [0.25, 0.3) is 0 Å². The SMILES string of the molecule is CC(C)C(NC(=O)C(CO)NCc1ccc(C(=N)N)cc1)C(=O)NCCc1c[nH]c2ccccc12.Cl. The van der Waals surface area contributed by atoms with Crippen LogP contribution >= 0.6 is 12.4 Å². The zero-order valence-electron chi connectivity index (χ0n) is 20.5. The van der Waals surface area contributed by atoms with Crippen molar-refractivity contribution in [2.24, 2.45) is 11.7 Å². The summed E-state index contributed by atoms with van der Waals surface area (Å²) in [6.45, 7) is 4.09. The highest BCUT2D eigenvalue weighted by Gasteiger charge is 2.27. The van der Waals surface area contributed by atoms with Gasteiger partial charge in [0.05, 0.1) is 6.61 Å². The number of aliphatic hydroxyl groups excluding tert-OH is 1. The van der Waals surface area contributed by atoms with E-state index in [1.54, 1.807) is 24.3 Å². The van der Waals surface area contributed by atoms with Gasteiger partial charge in [0.1, 0.15) is 17.9 Å². The Kier molecular flexibility index (Phi) is 10.9. The molecule has 0 saturated heterocycles. The lowest BCUT2D eigenvalue weighted by Gasteiger charge is -2.24. The van der Waals surface area contributed by atoms with E-state index in [0.29, 0.717) is 25.1 Å². The Morgan fingerprint density at radius 2 is 1.78 bits per heavy atom. The maximum atomic E-state index is 12.8.